The number of nitrogens with two attached hydrogens (primary N) is 1. The summed E-state index contributed by atoms with van der Waals surface area (Å²) in [6, 6.07) is 1.52. The van der Waals surface area contributed by atoms with Gasteiger partial charge in [-0.3, -0.25) is 4.79 Å². The number of rotatable bonds is 3. The van der Waals surface area contributed by atoms with Gasteiger partial charge in [0.2, 0.25) is 5.91 Å². The highest BCUT2D eigenvalue weighted by atomic mass is 16.1. The summed E-state index contributed by atoms with van der Waals surface area (Å²) in [7, 11) is 0. The highest BCUT2D eigenvalue weighted by molar-refractivity contribution is 5.76. The molecule has 0 aromatic rings. The number of hydrogen-bond acceptors (Lipinski definition) is 2. The smallest absolute Gasteiger partial charge is 0.220 e. The van der Waals surface area contributed by atoms with Gasteiger partial charge in [0.05, 0.1) is 0 Å². The highest BCUT2D eigenvalue weighted by Gasteiger charge is 2.49. The number of fused-ring (bicyclic) bond motifs is 1. The average Bonchev–Trinajstić information content (AvgIpc) is 2.82. The van der Waals surface area contributed by atoms with Gasteiger partial charge in [-0.1, -0.05) is 19.8 Å². The maximum atomic E-state index is 11.3. The van der Waals surface area contributed by atoms with Gasteiger partial charge in [0.25, 0.3) is 0 Å². The monoisotopic (exact) mass is 318 g/mol. The van der Waals surface area contributed by atoms with Gasteiger partial charge in [0.15, 0.2) is 0 Å². The molecule has 0 aromatic carbocycles. The van der Waals surface area contributed by atoms with E-state index in [-0.39, 0.29) is 11.8 Å². The topological polar surface area (TPSA) is 55.1 Å². The van der Waals surface area contributed by atoms with E-state index in [1.807, 2.05) is 0 Å². The van der Waals surface area contributed by atoms with Crippen LogP contribution >= 0.6 is 0 Å². The second-order valence-corrected chi connectivity index (χ2v) is 9.68. The van der Waals surface area contributed by atoms with Crippen LogP contribution in [-0.2, 0) is 4.79 Å². The normalized spacial score (nSPS) is 49.6. The molecule has 0 radical (unpaired) electrons. The van der Waals surface area contributed by atoms with E-state index >= 15 is 0 Å². The zero-order valence-electron chi connectivity index (χ0n) is 14.8. The minimum absolute atomic E-state index is 0.0735. The van der Waals surface area contributed by atoms with Crippen LogP contribution in [0.3, 0.4) is 0 Å². The third kappa shape index (κ3) is 2.94. The average molecular weight is 319 g/mol. The molecule has 0 bridgehead atoms. The number of carbonyl (C=O) groups is 1. The Balaban J connectivity index is 1.25. The minimum atomic E-state index is -0.0735. The Morgan fingerprint density at radius 1 is 1.00 bits per heavy atom. The maximum Gasteiger partial charge on any atom is 0.220 e. The van der Waals surface area contributed by atoms with Gasteiger partial charge < -0.3 is 11.1 Å². The first-order chi connectivity index (χ1) is 11.0. The highest BCUT2D eigenvalue weighted by Crippen LogP contribution is 2.55. The van der Waals surface area contributed by atoms with Gasteiger partial charge in [0, 0.05) is 18.0 Å². The summed E-state index contributed by atoms with van der Waals surface area (Å²) in [5.74, 6) is 1.06. The van der Waals surface area contributed by atoms with Crippen LogP contribution in [0.4, 0.5) is 0 Å². The minimum Gasteiger partial charge on any atom is -0.369 e. The fourth-order valence-corrected chi connectivity index (χ4v) is 6.62. The third-order valence-electron chi connectivity index (χ3n) is 8.10. The van der Waals surface area contributed by atoms with E-state index in [0.717, 1.165) is 30.8 Å². The lowest BCUT2D eigenvalue weighted by molar-refractivity contribution is -0.124. The first-order valence-electron chi connectivity index (χ1n) is 10.0. The molecule has 130 valence electrons. The summed E-state index contributed by atoms with van der Waals surface area (Å²) < 4.78 is 0. The molecule has 3 nitrogen and oxygen atoms in total. The van der Waals surface area contributed by atoms with Crippen molar-refractivity contribution in [3.05, 3.63) is 0 Å². The number of hydrogen-bond donors (Lipinski definition) is 2. The van der Waals surface area contributed by atoms with Crippen LogP contribution in [0.5, 0.6) is 0 Å². The molecular weight excluding hydrogens is 284 g/mol. The summed E-state index contributed by atoms with van der Waals surface area (Å²) in [4.78, 5) is 11.3. The zero-order chi connectivity index (χ0) is 16.1. The fourth-order valence-electron chi connectivity index (χ4n) is 6.62. The van der Waals surface area contributed by atoms with Crippen LogP contribution in [0.15, 0.2) is 0 Å². The van der Waals surface area contributed by atoms with Crippen molar-refractivity contribution in [2.45, 2.75) is 96.1 Å². The van der Waals surface area contributed by atoms with Crippen LogP contribution in [0.2, 0.25) is 0 Å². The molecule has 3 atom stereocenters. The number of amides is 1. The van der Waals surface area contributed by atoms with E-state index < -0.39 is 0 Å². The van der Waals surface area contributed by atoms with E-state index in [1.165, 1.54) is 64.2 Å². The number of nitrogens with one attached hydrogen (secondary N) is 1. The molecule has 4 saturated carbocycles. The Hall–Kier alpha value is -0.570. The molecule has 0 saturated heterocycles. The lowest BCUT2D eigenvalue weighted by Gasteiger charge is -2.52. The summed E-state index contributed by atoms with van der Waals surface area (Å²) in [6.45, 7) is 2.55. The molecule has 4 aliphatic rings. The van der Waals surface area contributed by atoms with E-state index in [0.29, 0.717) is 10.8 Å². The molecule has 4 aliphatic carbocycles. The predicted octanol–water partition coefficient (Wildman–Crippen LogP) is 3.76. The summed E-state index contributed by atoms with van der Waals surface area (Å²) in [5.41, 5.74) is 6.66. The maximum absolute atomic E-state index is 11.3. The van der Waals surface area contributed by atoms with E-state index in [4.69, 9.17) is 5.73 Å². The van der Waals surface area contributed by atoms with E-state index in [1.54, 1.807) is 0 Å². The quantitative estimate of drug-likeness (QED) is 0.832. The molecule has 3 heteroatoms. The molecule has 3 N–H and O–H groups in total. The molecule has 23 heavy (non-hydrogen) atoms. The first kappa shape index (κ1) is 15.9. The molecule has 0 aliphatic heterocycles. The van der Waals surface area contributed by atoms with Crippen LogP contribution in [0.25, 0.3) is 0 Å². The summed E-state index contributed by atoms with van der Waals surface area (Å²) in [5, 5.41) is 4.01. The van der Waals surface area contributed by atoms with E-state index in [9.17, 15) is 4.79 Å². The molecule has 4 fully saturated rings. The second-order valence-electron chi connectivity index (χ2n) is 9.68. The van der Waals surface area contributed by atoms with E-state index in [2.05, 4.69) is 12.2 Å². The fraction of sp³-hybridized carbons (Fsp3) is 0.950. The van der Waals surface area contributed by atoms with Crippen molar-refractivity contribution in [3.63, 3.8) is 0 Å². The molecule has 4 rings (SSSR count). The molecular formula is C20H34N2O. The van der Waals surface area contributed by atoms with Crippen molar-refractivity contribution >= 4 is 5.91 Å². The van der Waals surface area contributed by atoms with Crippen LogP contribution in [0, 0.1) is 22.7 Å². The third-order valence-corrected chi connectivity index (χ3v) is 8.10. The predicted molar refractivity (Wildman–Crippen MR) is 92.8 cm³/mol. The van der Waals surface area contributed by atoms with Crippen molar-refractivity contribution < 1.29 is 4.79 Å². The van der Waals surface area contributed by atoms with Crippen LogP contribution < -0.4 is 11.1 Å². The van der Waals surface area contributed by atoms with Gasteiger partial charge in [-0.15, -0.1) is 0 Å². The Bertz CT molecular complexity index is 460. The van der Waals surface area contributed by atoms with Crippen molar-refractivity contribution in [3.8, 4) is 0 Å². The largest absolute Gasteiger partial charge is 0.369 e. The SMILES string of the molecule is C[C@@]12CCCC[C@@H]1CC(NC1CC3(CCC(C(N)=O)CC3)C1)C2. The Kier molecular flexibility index (Phi) is 3.98. The van der Waals surface area contributed by atoms with Crippen LogP contribution in [0.1, 0.15) is 84.0 Å². The summed E-state index contributed by atoms with van der Waals surface area (Å²) in [6.07, 6.45) is 15.9. The first-order valence-corrected chi connectivity index (χ1v) is 10.0. The molecule has 1 amide bonds. The van der Waals surface area contributed by atoms with Gasteiger partial charge in [-0.05, 0) is 81.0 Å². The summed E-state index contributed by atoms with van der Waals surface area (Å²) >= 11 is 0. The Labute approximate surface area is 141 Å². The lowest BCUT2D eigenvalue weighted by Crippen LogP contribution is -2.53. The van der Waals surface area contributed by atoms with Gasteiger partial charge >= 0.3 is 0 Å². The van der Waals surface area contributed by atoms with Crippen molar-refractivity contribution in [1.82, 2.24) is 5.32 Å². The Morgan fingerprint density at radius 3 is 2.39 bits per heavy atom. The molecule has 1 unspecified atom stereocenters. The van der Waals surface area contributed by atoms with Gasteiger partial charge in [-0.2, -0.15) is 0 Å². The zero-order valence-corrected chi connectivity index (χ0v) is 14.8. The van der Waals surface area contributed by atoms with Crippen LogP contribution in [-0.4, -0.2) is 18.0 Å². The molecule has 1 spiro atoms. The van der Waals surface area contributed by atoms with Crippen molar-refractivity contribution in [1.29, 1.82) is 0 Å². The Morgan fingerprint density at radius 2 is 1.74 bits per heavy atom. The molecule has 0 aromatic heterocycles. The lowest BCUT2D eigenvalue weighted by atomic mass is 9.56. The number of carbonyl (C=O) groups excluding carboxylic acids is 1. The number of primary amides is 1. The second kappa shape index (κ2) is 5.75. The van der Waals surface area contributed by atoms with Crippen molar-refractivity contribution in [2.24, 2.45) is 28.4 Å². The van der Waals surface area contributed by atoms with Gasteiger partial charge in [-0.25, -0.2) is 0 Å². The molecule has 0 heterocycles. The van der Waals surface area contributed by atoms with Crippen molar-refractivity contribution in [2.75, 3.05) is 0 Å². The van der Waals surface area contributed by atoms with Gasteiger partial charge in [0.1, 0.15) is 0 Å². The standard InChI is InChI=1S/C20H34N2O/c1-19-7-3-2-4-15(19)10-16(11-19)22-17-12-20(13-17)8-5-14(6-9-20)18(21)23/h14-17,22H,2-13H2,1H3,(H2,21,23)/t14?,15-,16?,17?,19+,20?/m1/s1.